The molecule has 0 heterocycles. The van der Waals surface area contributed by atoms with Crippen molar-refractivity contribution in [2.45, 2.75) is 0 Å². The van der Waals surface area contributed by atoms with Crippen LogP contribution in [0.2, 0.25) is 0 Å². The molecule has 0 amide bonds. The fourth-order valence-electron chi connectivity index (χ4n) is 2.23. The smallest absolute Gasteiger partial charge is 0.185 e. The van der Waals surface area contributed by atoms with Crippen LogP contribution in [-0.2, 0) is 4.79 Å². The molecule has 2 aromatic carbocycles. The summed E-state index contributed by atoms with van der Waals surface area (Å²) >= 11 is 0. The number of carbonyl (C=O) groups is 2. The molecule has 0 saturated carbocycles. The van der Waals surface area contributed by atoms with E-state index in [-0.39, 0.29) is 17.3 Å². The summed E-state index contributed by atoms with van der Waals surface area (Å²) in [5.74, 6) is -1.03. The quantitative estimate of drug-likeness (QED) is 0.531. The standard InChI is InChI=1S/C20H21NO5/c1-21(2)16-8-4-14(5-9-16)6-10-17(22)15-7-11-18(19(12-15)25-3)26-13-20(23)24/h4-12H,13H2,1-3H3,(H,23,24)/p-1/b10-6+. The van der Waals surface area contributed by atoms with Gasteiger partial charge in [-0.3, -0.25) is 4.79 Å². The van der Waals surface area contributed by atoms with Crippen molar-refractivity contribution in [3.8, 4) is 11.5 Å². The summed E-state index contributed by atoms with van der Waals surface area (Å²) in [7, 11) is 5.34. The second-order valence-electron chi connectivity index (χ2n) is 5.71. The maximum Gasteiger partial charge on any atom is 0.185 e. The van der Waals surface area contributed by atoms with Gasteiger partial charge in [0.2, 0.25) is 0 Å². The Bertz CT molecular complexity index is 809. The molecule has 0 atom stereocenters. The Morgan fingerprint density at radius 3 is 2.35 bits per heavy atom. The van der Waals surface area contributed by atoms with Gasteiger partial charge in [-0.25, -0.2) is 0 Å². The largest absolute Gasteiger partial charge is 0.546 e. The number of carboxylic acids is 1. The number of anilines is 1. The summed E-state index contributed by atoms with van der Waals surface area (Å²) in [6.45, 7) is -0.591. The lowest BCUT2D eigenvalue weighted by Crippen LogP contribution is -2.29. The average molecular weight is 354 g/mol. The number of rotatable bonds is 8. The number of ketones is 1. The number of nitrogens with zero attached hydrogens (tertiary/aromatic N) is 1. The molecule has 26 heavy (non-hydrogen) atoms. The van der Waals surface area contributed by atoms with Crippen LogP contribution < -0.4 is 19.5 Å². The highest BCUT2D eigenvalue weighted by Crippen LogP contribution is 2.28. The van der Waals surface area contributed by atoms with Crippen molar-refractivity contribution in [2.75, 3.05) is 32.7 Å². The Hall–Kier alpha value is -3.28. The molecule has 2 aromatic rings. The van der Waals surface area contributed by atoms with Crippen molar-refractivity contribution in [3.63, 3.8) is 0 Å². The van der Waals surface area contributed by atoms with E-state index >= 15 is 0 Å². The minimum Gasteiger partial charge on any atom is -0.546 e. The van der Waals surface area contributed by atoms with Gasteiger partial charge in [0.1, 0.15) is 6.61 Å². The zero-order valence-corrected chi connectivity index (χ0v) is 14.9. The van der Waals surface area contributed by atoms with Gasteiger partial charge in [0.15, 0.2) is 17.3 Å². The van der Waals surface area contributed by atoms with Crippen LogP contribution in [0.3, 0.4) is 0 Å². The topological polar surface area (TPSA) is 78.9 Å². The monoisotopic (exact) mass is 354 g/mol. The number of carboxylic acid groups (broad SMARTS) is 1. The number of ether oxygens (including phenoxy) is 2. The van der Waals surface area contributed by atoms with Gasteiger partial charge in [-0.1, -0.05) is 18.2 Å². The lowest BCUT2D eigenvalue weighted by molar-refractivity contribution is -0.307. The highest BCUT2D eigenvalue weighted by Gasteiger charge is 2.09. The molecule has 0 N–H and O–H groups in total. The van der Waals surface area contributed by atoms with Crippen LogP contribution in [0.1, 0.15) is 15.9 Å². The Morgan fingerprint density at radius 2 is 1.77 bits per heavy atom. The molecule has 0 spiro atoms. The zero-order valence-electron chi connectivity index (χ0n) is 14.9. The molecular weight excluding hydrogens is 334 g/mol. The van der Waals surface area contributed by atoms with Crippen LogP contribution in [0.15, 0.2) is 48.5 Å². The van der Waals surface area contributed by atoms with E-state index < -0.39 is 12.6 Å². The fraction of sp³-hybridized carbons (Fsp3) is 0.200. The van der Waals surface area contributed by atoms with Gasteiger partial charge in [0.05, 0.1) is 13.1 Å². The summed E-state index contributed by atoms with van der Waals surface area (Å²) in [5.41, 5.74) is 2.39. The highest BCUT2D eigenvalue weighted by molar-refractivity contribution is 6.07. The summed E-state index contributed by atoms with van der Waals surface area (Å²) in [6.07, 6.45) is 3.20. The van der Waals surface area contributed by atoms with E-state index in [1.165, 1.54) is 25.3 Å². The molecule has 0 fully saturated rings. The van der Waals surface area contributed by atoms with Crippen LogP contribution >= 0.6 is 0 Å². The number of hydrogen-bond donors (Lipinski definition) is 0. The third kappa shape index (κ3) is 5.11. The van der Waals surface area contributed by atoms with Gasteiger partial charge in [-0.05, 0) is 42.0 Å². The summed E-state index contributed by atoms with van der Waals surface area (Å²) < 4.78 is 10.2. The molecule has 0 radical (unpaired) electrons. The first kappa shape index (κ1) is 19.1. The molecular formula is C20H20NO5-. The first-order chi connectivity index (χ1) is 12.4. The lowest BCUT2D eigenvalue weighted by Gasteiger charge is -2.12. The van der Waals surface area contributed by atoms with E-state index in [2.05, 4.69) is 0 Å². The van der Waals surface area contributed by atoms with Gasteiger partial charge >= 0.3 is 0 Å². The van der Waals surface area contributed by atoms with Gasteiger partial charge in [0.25, 0.3) is 0 Å². The summed E-state index contributed by atoms with van der Waals surface area (Å²) in [6, 6.07) is 12.3. The van der Waals surface area contributed by atoms with Crippen molar-refractivity contribution < 1.29 is 24.2 Å². The number of methoxy groups -OCH3 is 1. The molecule has 0 bridgehead atoms. The van der Waals surface area contributed by atoms with Gasteiger partial charge in [-0.15, -0.1) is 0 Å². The van der Waals surface area contributed by atoms with Gasteiger partial charge < -0.3 is 24.3 Å². The predicted molar refractivity (Wildman–Crippen MR) is 97.6 cm³/mol. The molecule has 6 heteroatoms. The molecule has 0 aliphatic rings. The maximum atomic E-state index is 12.3. The van der Waals surface area contributed by atoms with Gasteiger partial charge in [-0.2, -0.15) is 0 Å². The Balaban J connectivity index is 2.12. The second kappa shape index (κ2) is 8.71. The van der Waals surface area contributed by atoms with E-state index in [4.69, 9.17) is 9.47 Å². The molecule has 0 unspecified atom stereocenters. The molecule has 6 nitrogen and oxygen atoms in total. The molecule has 2 rings (SSSR count). The van der Waals surface area contributed by atoms with E-state index in [0.717, 1.165) is 11.3 Å². The van der Waals surface area contributed by atoms with E-state index in [1.807, 2.05) is 43.3 Å². The van der Waals surface area contributed by atoms with Crippen molar-refractivity contribution >= 4 is 23.5 Å². The molecule has 0 aliphatic carbocycles. The SMILES string of the molecule is COc1cc(C(=O)/C=C/c2ccc(N(C)C)cc2)ccc1OCC(=O)[O-]. The lowest BCUT2D eigenvalue weighted by atomic mass is 10.1. The first-order valence-electron chi connectivity index (χ1n) is 7.91. The Kier molecular flexibility index (Phi) is 6.38. The highest BCUT2D eigenvalue weighted by atomic mass is 16.5. The van der Waals surface area contributed by atoms with E-state index in [0.29, 0.717) is 5.56 Å². The predicted octanol–water partition coefficient (Wildman–Crippen LogP) is 1.79. The van der Waals surface area contributed by atoms with Crippen LogP contribution in [0.4, 0.5) is 5.69 Å². The Morgan fingerprint density at radius 1 is 1.08 bits per heavy atom. The molecule has 0 aromatic heterocycles. The fourth-order valence-corrected chi connectivity index (χ4v) is 2.23. The molecule has 0 saturated heterocycles. The first-order valence-corrected chi connectivity index (χ1v) is 7.91. The number of aliphatic carboxylic acids is 1. The third-order valence-corrected chi connectivity index (χ3v) is 3.63. The average Bonchev–Trinajstić information content (AvgIpc) is 2.64. The third-order valence-electron chi connectivity index (χ3n) is 3.63. The van der Waals surface area contributed by atoms with Crippen LogP contribution in [0.5, 0.6) is 11.5 Å². The molecule has 136 valence electrons. The maximum absolute atomic E-state index is 12.3. The number of benzene rings is 2. The minimum atomic E-state index is -1.34. The van der Waals surface area contributed by atoms with E-state index in [1.54, 1.807) is 12.1 Å². The number of allylic oxidation sites excluding steroid dienone is 1. The van der Waals surface area contributed by atoms with Crippen LogP contribution in [0.25, 0.3) is 6.08 Å². The minimum absolute atomic E-state index is 0.202. The second-order valence-corrected chi connectivity index (χ2v) is 5.71. The normalized spacial score (nSPS) is 10.6. The Labute approximate surface area is 152 Å². The van der Waals surface area contributed by atoms with Crippen LogP contribution in [-0.4, -0.2) is 39.6 Å². The van der Waals surface area contributed by atoms with Gasteiger partial charge in [0, 0.05) is 25.3 Å². The van der Waals surface area contributed by atoms with Crippen molar-refractivity contribution in [1.29, 1.82) is 0 Å². The molecule has 0 aliphatic heterocycles. The van der Waals surface area contributed by atoms with Crippen molar-refractivity contribution in [2.24, 2.45) is 0 Å². The number of hydrogen-bond acceptors (Lipinski definition) is 6. The number of carbonyl (C=O) groups excluding carboxylic acids is 2. The summed E-state index contributed by atoms with van der Waals surface area (Å²) in [4.78, 5) is 24.8. The van der Waals surface area contributed by atoms with E-state index in [9.17, 15) is 14.7 Å². The van der Waals surface area contributed by atoms with Crippen LogP contribution in [0, 0.1) is 0 Å². The van der Waals surface area contributed by atoms with Crippen molar-refractivity contribution in [1.82, 2.24) is 0 Å². The zero-order chi connectivity index (χ0) is 19.1. The van der Waals surface area contributed by atoms with Crippen molar-refractivity contribution in [3.05, 3.63) is 59.7 Å². The summed E-state index contributed by atoms with van der Waals surface area (Å²) in [5, 5.41) is 10.5.